The molecular weight excluding hydrogens is 208 g/mol. The fourth-order valence-corrected chi connectivity index (χ4v) is 2.59. The van der Waals surface area contributed by atoms with Gasteiger partial charge in [0.2, 0.25) is 0 Å². The molecule has 16 heavy (non-hydrogen) atoms. The second-order valence-corrected chi connectivity index (χ2v) is 4.63. The summed E-state index contributed by atoms with van der Waals surface area (Å²) in [6.45, 7) is 3.30. The van der Waals surface area contributed by atoms with Gasteiger partial charge >= 0.3 is 5.97 Å². The zero-order valence-corrected chi connectivity index (χ0v) is 10.1. The number of esters is 1. The van der Waals surface area contributed by atoms with Gasteiger partial charge in [-0.05, 0) is 19.3 Å². The third-order valence-corrected chi connectivity index (χ3v) is 3.67. The second kappa shape index (κ2) is 4.34. The van der Waals surface area contributed by atoms with Crippen LogP contribution in [0.2, 0.25) is 0 Å². The van der Waals surface area contributed by atoms with Crippen LogP contribution in [0.25, 0.3) is 0 Å². The van der Waals surface area contributed by atoms with Crippen LogP contribution in [0.15, 0.2) is 0 Å². The predicted octanol–water partition coefficient (Wildman–Crippen LogP) is 1.87. The summed E-state index contributed by atoms with van der Waals surface area (Å²) >= 11 is 0. The van der Waals surface area contributed by atoms with E-state index in [0.29, 0.717) is 13.2 Å². The minimum Gasteiger partial charge on any atom is -0.468 e. The molecule has 0 aromatic heterocycles. The fraction of sp³-hybridized carbons (Fsp3) is 0.917. The lowest BCUT2D eigenvalue weighted by Gasteiger charge is -2.34. The van der Waals surface area contributed by atoms with Crippen LogP contribution < -0.4 is 0 Å². The van der Waals surface area contributed by atoms with E-state index in [1.807, 2.05) is 0 Å². The molecule has 1 saturated carbocycles. The van der Waals surface area contributed by atoms with E-state index in [1.165, 1.54) is 7.11 Å². The van der Waals surface area contributed by atoms with Crippen molar-refractivity contribution in [2.24, 2.45) is 5.41 Å². The van der Waals surface area contributed by atoms with E-state index >= 15 is 0 Å². The van der Waals surface area contributed by atoms with Crippen LogP contribution in [0.1, 0.15) is 39.0 Å². The highest BCUT2D eigenvalue weighted by Gasteiger charge is 2.68. The first-order valence-corrected chi connectivity index (χ1v) is 6.07. The van der Waals surface area contributed by atoms with Gasteiger partial charge in [0.05, 0.1) is 20.3 Å². The second-order valence-electron chi connectivity index (χ2n) is 4.63. The molecule has 2 rings (SSSR count). The molecule has 2 fully saturated rings. The first kappa shape index (κ1) is 11.9. The summed E-state index contributed by atoms with van der Waals surface area (Å²) in [7, 11) is 1.44. The Hall–Kier alpha value is -0.610. The van der Waals surface area contributed by atoms with Crippen molar-refractivity contribution in [2.75, 3.05) is 20.3 Å². The maximum atomic E-state index is 11.9. The molecule has 1 saturated heterocycles. The van der Waals surface area contributed by atoms with Crippen LogP contribution in [0.5, 0.6) is 0 Å². The van der Waals surface area contributed by atoms with Gasteiger partial charge in [0.25, 0.3) is 0 Å². The topological polar surface area (TPSA) is 44.8 Å². The van der Waals surface area contributed by atoms with Gasteiger partial charge in [0, 0.05) is 6.42 Å². The van der Waals surface area contributed by atoms with E-state index in [2.05, 4.69) is 6.92 Å². The zero-order chi connectivity index (χ0) is 11.6. The van der Waals surface area contributed by atoms with Gasteiger partial charge in [-0.2, -0.15) is 0 Å². The Balaban J connectivity index is 2.15. The lowest BCUT2D eigenvalue weighted by Crippen LogP contribution is -2.46. The van der Waals surface area contributed by atoms with Gasteiger partial charge in [0.15, 0.2) is 5.79 Å². The van der Waals surface area contributed by atoms with Crippen molar-refractivity contribution in [3.63, 3.8) is 0 Å². The van der Waals surface area contributed by atoms with Crippen LogP contribution in [0, 0.1) is 5.41 Å². The highest BCUT2D eigenvalue weighted by Crippen LogP contribution is 2.59. The number of unbranched alkanes of at least 4 members (excludes halogenated alkanes) is 1. The summed E-state index contributed by atoms with van der Waals surface area (Å²) in [6.07, 6.45) is 4.52. The normalized spacial score (nSPS) is 25.4. The summed E-state index contributed by atoms with van der Waals surface area (Å²) in [6, 6.07) is 0. The van der Waals surface area contributed by atoms with Crippen LogP contribution in [0.3, 0.4) is 0 Å². The van der Waals surface area contributed by atoms with Gasteiger partial charge in [-0.15, -0.1) is 0 Å². The van der Waals surface area contributed by atoms with Crippen LogP contribution in [0.4, 0.5) is 0 Å². The Morgan fingerprint density at radius 1 is 1.31 bits per heavy atom. The van der Waals surface area contributed by atoms with Crippen molar-refractivity contribution in [1.82, 2.24) is 0 Å². The van der Waals surface area contributed by atoms with Crippen LogP contribution in [-0.2, 0) is 19.0 Å². The third kappa shape index (κ3) is 1.64. The molecule has 0 bridgehead atoms. The molecule has 0 atom stereocenters. The van der Waals surface area contributed by atoms with E-state index in [4.69, 9.17) is 14.2 Å². The Morgan fingerprint density at radius 3 is 2.38 bits per heavy atom. The predicted molar refractivity (Wildman–Crippen MR) is 57.8 cm³/mol. The minimum atomic E-state index is -0.698. The van der Waals surface area contributed by atoms with Gasteiger partial charge in [-0.1, -0.05) is 13.3 Å². The van der Waals surface area contributed by atoms with Crippen molar-refractivity contribution in [2.45, 2.75) is 44.8 Å². The van der Waals surface area contributed by atoms with Crippen molar-refractivity contribution >= 4 is 5.97 Å². The van der Waals surface area contributed by atoms with Crippen molar-refractivity contribution in [3.8, 4) is 0 Å². The Kier molecular flexibility index (Phi) is 3.22. The molecule has 1 aliphatic heterocycles. The van der Waals surface area contributed by atoms with E-state index in [9.17, 15) is 4.79 Å². The number of methoxy groups -OCH3 is 1. The van der Waals surface area contributed by atoms with Crippen molar-refractivity contribution in [3.05, 3.63) is 0 Å². The monoisotopic (exact) mass is 228 g/mol. The first-order valence-electron chi connectivity index (χ1n) is 6.07. The number of carbonyl (C=O) groups is 1. The maximum absolute atomic E-state index is 11.9. The molecule has 0 spiro atoms. The van der Waals surface area contributed by atoms with E-state index in [1.54, 1.807) is 0 Å². The lowest BCUT2D eigenvalue weighted by molar-refractivity contribution is -0.221. The summed E-state index contributed by atoms with van der Waals surface area (Å²) < 4.78 is 16.4. The number of ether oxygens (including phenoxy) is 3. The number of hydrogen-bond acceptors (Lipinski definition) is 4. The van der Waals surface area contributed by atoms with E-state index in [-0.39, 0.29) is 5.97 Å². The molecular formula is C12H20O4. The largest absolute Gasteiger partial charge is 0.468 e. The quantitative estimate of drug-likeness (QED) is 0.674. The average molecular weight is 228 g/mol. The highest BCUT2D eigenvalue weighted by atomic mass is 16.7. The van der Waals surface area contributed by atoms with E-state index < -0.39 is 11.2 Å². The summed E-state index contributed by atoms with van der Waals surface area (Å²) in [5.41, 5.74) is -0.520. The van der Waals surface area contributed by atoms with Crippen molar-refractivity contribution < 1.29 is 19.0 Å². The van der Waals surface area contributed by atoms with Gasteiger partial charge in [-0.25, -0.2) is 0 Å². The third-order valence-electron chi connectivity index (χ3n) is 3.67. The Morgan fingerprint density at radius 2 is 1.94 bits per heavy atom. The summed E-state index contributed by atoms with van der Waals surface area (Å²) in [5.74, 6) is -0.874. The molecule has 0 radical (unpaired) electrons. The molecule has 1 heterocycles. The van der Waals surface area contributed by atoms with Crippen molar-refractivity contribution in [1.29, 1.82) is 0 Å². The summed E-state index contributed by atoms with van der Waals surface area (Å²) in [5, 5.41) is 0. The molecule has 1 aliphatic carbocycles. The summed E-state index contributed by atoms with van der Waals surface area (Å²) in [4.78, 5) is 11.9. The van der Waals surface area contributed by atoms with Crippen LogP contribution >= 0.6 is 0 Å². The fourth-order valence-electron chi connectivity index (χ4n) is 2.59. The molecule has 0 unspecified atom stereocenters. The highest BCUT2D eigenvalue weighted by molar-refractivity contribution is 5.81. The van der Waals surface area contributed by atoms with Crippen LogP contribution in [-0.4, -0.2) is 32.1 Å². The zero-order valence-electron chi connectivity index (χ0n) is 10.1. The maximum Gasteiger partial charge on any atom is 0.317 e. The SMILES string of the molecule is CCCCC1(C2(C(=O)OC)CC2)OCCO1. The molecule has 4 heteroatoms. The van der Waals surface area contributed by atoms with Gasteiger partial charge in [-0.3, -0.25) is 4.79 Å². The lowest BCUT2D eigenvalue weighted by atomic mass is 9.90. The van der Waals surface area contributed by atoms with Gasteiger partial charge < -0.3 is 14.2 Å². The molecule has 92 valence electrons. The number of hydrogen-bond donors (Lipinski definition) is 0. The molecule has 0 aromatic rings. The van der Waals surface area contributed by atoms with Gasteiger partial charge in [0.1, 0.15) is 5.41 Å². The first-order chi connectivity index (χ1) is 7.71. The molecule has 2 aliphatic rings. The number of carbonyl (C=O) groups excluding carboxylic acids is 1. The molecule has 0 amide bonds. The Labute approximate surface area is 96.2 Å². The number of rotatable bonds is 5. The smallest absolute Gasteiger partial charge is 0.317 e. The standard InChI is InChI=1S/C12H20O4/c1-3-4-5-12(15-8-9-16-12)11(6-7-11)10(13)14-2/h3-9H2,1-2H3. The molecule has 0 N–H and O–H groups in total. The molecule has 4 nitrogen and oxygen atoms in total. The minimum absolute atomic E-state index is 0.175. The molecule has 0 aromatic carbocycles. The average Bonchev–Trinajstić information content (AvgIpc) is 3.00. The Bertz CT molecular complexity index is 264. The van der Waals surface area contributed by atoms with E-state index in [0.717, 1.165) is 32.1 Å².